The van der Waals surface area contributed by atoms with Crippen molar-refractivity contribution in [1.82, 2.24) is 0 Å². The summed E-state index contributed by atoms with van der Waals surface area (Å²) in [6.07, 6.45) is 0. The second-order valence-electron chi connectivity index (χ2n) is 4.18. The SMILES string of the molecule is O=C(CCl)Nc1ccc(Br)cc1C(=O)c1ccccc1F. The molecule has 0 saturated heterocycles. The Balaban J connectivity index is 2.47. The van der Waals surface area contributed by atoms with E-state index in [2.05, 4.69) is 21.2 Å². The maximum absolute atomic E-state index is 13.7. The molecule has 0 aliphatic rings. The number of carbonyl (C=O) groups excluding carboxylic acids is 2. The number of hydrogen-bond donors (Lipinski definition) is 1. The lowest BCUT2D eigenvalue weighted by Crippen LogP contribution is -2.16. The van der Waals surface area contributed by atoms with Gasteiger partial charge in [-0.25, -0.2) is 4.39 Å². The highest BCUT2D eigenvalue weighted by Crippen LogP contribution is 2.25. The molecule has 1 amide bonds. The molecule has 1 N–H and O–H groups in total. The fourth-order valence-electron chi connectivity index (χ4n) is 1.79. The number of carbonyl (C=O) groups is 2. The van der Waals surface area contributed by atoms with Gasteiger partial charge < -0.3 is 5.32 Å². The highest BCUT2D eigenvalue weighted by atomic mass is 79.9. The lowest BCUT2D eigenvalue weighted by Gasteiger charge is -2.10. The molecule has 0 heterocycles. The zero-order valence-corrected chi connectivity index (χ0v) is 13.0. The number of anilines is 1. The smallest absolute Gasteiger partial charge is 0.239 e. The van der Waals surface area contributed by atoms with Gasteiger partial charge >= 0.3 is 0 Å². The normalized spacial score (nSPS) is 10.2. The fourth-order valence-corrected chi connectivity index (χ4v) is 2.22. The third-order valence-electron chi connectivity index (χ3n) is 2.74. The summed E-state index contributed by atoms with van der Waals surface area (Å²) in [6.45, 7) is 0. The van der Waals surface area contributed by atoms with E-state index in [1.54, 1.807) is 18.2 Å². The molecule has 2 rings (SSSR count). The van der Waals surface area contributed by atoms with Gasteiger partial charge in [0.2, 0.25) is 5.91 Å². The van der Waals surface area contributed by atoms with Gasteiger partial charge in [-0.2, -0.15) is 0 Å². The number of rotatable bonds is 4. The minimum absolute atomic E-state index is 0.0584. The molecule has 0 spiro atoms. The van der Waals surface area contributed by atoms with E-state index in [1.807, 2.05) is 0 Å². The Labute approximate surface area is 134 Å². The van der Waals surface area contributed by atoms with Crippen LogP contribution in [0, 0.1) is 5.82 Å². The van der Waals surface area contributed by atoms with Crippen LogP contribution in [0.25, 0.3) is 0 Å². The molecule has 0 atom stereocenters. The summed E-state index contributed by atoms with van der Waals surface area (Å²) >= 11 is 8.70. The van der Waals surface area contributed by atoms with Crippen molar-refractivity contribution >= 4 is 44.9 Å². The van der Waals surface area contributed by atoms with Crippen LogP contribution >= 0.6 is 27.5 Å². The highest BCUT2D eigenvalue weighted by molar-refractivity contribution is 9.10. The molecule has 6 heteroatoms. The Bertz CT molecular complexity index is 706. The van der Waals surface area contributed by atoms with Crippen molar-refractivity contribution < 1.29 is 14.0 Å². The van der Waals surface area contributed by atoms with E-state index < -0.39 is 17.5 Å². The number of hydrogen-bond acceptors (Lipinski definition) is 2. The summed E-state index contributed by atoms with van der Waals surface area (Å²) in [4.78, 5) is 23.9. The third kappa shape index (κ3) is 3.68. The Morgan fingerprint density at radius 1 is 1.14 bits per heavy atom. The summed E-state index contributed by atoms with van der Waals surface area (Å²) in [5, 5.41) is 2.52. The van der Waals surface area contributed by atoms with E-state index in [1.165, 1.54) is 24.3 Å². The first kappa shape index (κ1) is 15.7. The Kier molecular flexibility index (Phi) is 5.09. The van der Waals surface area contributed by atoms with Crippen molar-refractivity contribution in [2.75, 3.05) is 11.2 Å². The average molecular weight is 371 g/mol. The van der Waals surface area contributed by atoms with Gasteiger partial charge in [0, 0.05) is 10.0 Å². The number of amides is 1. The molecule has 0 aromatic heterocycles. The summed E-state index contributed by atoms with van der Waals surface area (Å²) < 4.78 is 14.4. The van der Waals surface area contributed by atoms with Crippen LogP contribution in [-0.4, -0.2) is 17.6 Å². The molecular formula is C15H10BrClFNO2. The van der Waals surface area contributed by atoms with Crippen LogP contribution in [0.2, 0.25) is 0 Å². The highest BCUT2D eigenvalue weighted by Gasteiger charge is 2.18. The van der Waals surface area contributed by atoms with Crippen molar-refractivity contribution in [1.29, 1.82) is 0 Å². The number of benzene rings is 2. The predicted octanol–water partition coefficient (Wildman–Crippen LogP) is 4.00. The van der Waals surface area contributed by atoms with Gasteiger partial charge in [0.1, 0.15) is 11.7 Å². The van der Waals surface area contributed by atoms with E-state index in [0.717, 1.165) is 0 Å². The molecule has 2 aromatic carbocycles. The van der Waals surface area contributed by atoms with E-state index >= 15 is 0 Å². The third-order valence-corrected chi connectivity index (χ3v) is 3.48. The summed E-state index contributed by atoms with van der Waals surface area (Å²) in [6, 6.07) is 10.4. The maximum Gasteiger partial charge on any atom is 0.239 e. The van der Waals surface area contributed by atoms with Gasteiger partial charge in [-0.15, -0.1) is 11.6 Å². The minimum Gasteiger partial charge on any atom is -0.324 e. The van der Waals surface area contributed by atoms with Crippen molar-refractivity contribution in [2.24, 2.45) is 0 Å². The van der Waals surface area contributed by atoms with Crippen LogP contribution < -0.4 is 5.32 Å². The molecule has 0 fully saturated rings. The average Bonchev–Trinajstić information content (AvgIpc) is 2.48. The zero-order valence-electron chi connectivity index (χ0n) is 10.7. The largest absolute Gasteiger partial charge is 0.324 e. The van der Waals surface area contributed by atoms with Crippen molar-refractivity contribution in [3.63, 3.8) is 0 Å². The number of alkyl halides is 1. The topological polar surface area (TPSA) is 46.2 Å². The first-order valence-corrected chi connectivity index (χ1v) is 7.30. The molecule has 108 valence electrons. The van der Waals surface area contributed by atoms with Gasteiger partial charge in [-0.05, 0) is 30.3 Å². The first-order valence-electron chi connectivity index (χ1n) is 5.97. The van der Waals surface area contributed by atoms with Crippen LogP contribution in [-0.2, 0) is 4.79 Å². The van der Waals surface area contributed by atoms with Crippen molar-refractivity contribution in [3.05, 3.63) is 63.9 Å². The molecule has 2 aromatic rings. The van der Waals surface area contributed by atoms with Gasteiger partial charge in [0.05, 0.1) is 11.3 Å². The van der Waals surface area contributed by atoms with Crippen molar-refractivity contribution in [2.45, 2.75) is 0 Å². The second kappa shape index (κ2) is 6.83. The Morgan fingerprint density at radius 2 is 1.86 bits per heavy atom. The van der Waals surface area contributed by atoms with E-state index in [-0.39, 0.29) is 22.7 Å². The number of nitrogens with one attached hydrogen (secondary N) is 1. The van der Waals surface area contributed by atoms with Crippen LogP contribution in [0.1, 0.15) is 15.9 Å². The van der Waals surface area contributed by atoms with Gasteiger partial charge in [0.25, 0.3) is 0 Å². The van der Waals surface area contributed by atoms with Crippen LogP contribution in [0.4, 0.5) is 10.1 Å². The molecule has 3 nitrogen and oxygen atoms in total. The fraction of sp³-hybridized carbons (Fsp3) is 0.0667. The minimum atomic E-state index is -0.614. The molecule has 0 aliphatic carbocycles. The quantitative estimate of drug-likeness (QED) is 0.653. The molecule has 0 radical (unpaired) electrons. The van der Waals surface area contributed by atoms with Gasteiger partial charge in [-0.3, -0.25) is 9.59 Å². The lowest BCUT2D eigenvalue weighted by atomic mass is 10.0. The van der Waals surface area contributed by atoms with Crippen LogP contribution in [0.15, 0.2) is 46.9 Å². The lowest BCUT2D eigenvalue weighted by molar-refractivity contribution is -0.113. The standard InChI is InChI=1S/C15H10BrClFNO2/c16-9-5-6-13(19-14(20)8-17)11(7-9)15(21)10-3-1-2-4-12(10)18/h1-7H,8H2,(H,19,20). The molecule has 21 heavy (non-hydrogen) atoms. The summed E-state index contributed by atoms with van der Waals surface area (Å²) in [5.74, 6) is -1.80. The van der Waals surface area contributed by atoms with Gasteiger partial charge in [-0.1, -0.05) is 28.1 Å². The zero-order chi connectivity index (χ0) is 15.4. The van der Waals surface area contributed by atoms with E-state index in [0.29, 0.717) is 4.47 Å². The van der Waals surface area contributed by atoms with E-state index in [9.17, 15) is 14.0 Å². The van der Waals surface area contributed by atoms with Gasteiger partial charge in [0.15, 0.2) is 5.78 Å². The monoisotopic (exact) mass is 369 g/mol. The summed E-state index contributed by atoms with van der Waals surface area (Å²) in [7, 11) is 0. The molecule has 0 aliphatic heterocycles. The van der Waals surface area contributed by atoms with Crippen molar-refractivity contribution in [3.8, 4) is 0 Å². The summed E-state index contributed by atoms with van der Waals surface area (Å²) in [5.41, 5.74) is 0.419. The molecule has 0 unspecified atom stereocenters. The first-order chi connectivity index (χ1) is 10.0. The predicted molar refractivity (Wildman–Crippen MR) is 83.3 cm³/mol. The molecule has 0 saturated carbocycles. The second-order valence-corrected chi connectivity index (χ2v) is 5.36. The number of halogens is 3. The van der Waals surface area contributed by atoms with E-state index in [4.69, 9.17) is 11.6 Å². The molecular weight excluding hydrogens is 361 g/mol. The van der Waals surface area contributed by atoms with Crippen LogP contribution in [0.3, 0.4) is 0 Å². The number of ketones is 1. The van der Waals surface area contributed by atoms with Crippen LogP contribution in [0.5, 0.6) is 0 Å². The maximum atomic E-state index is 13.7. The molecule has 0 bridgehead atoms. The Morgan fingerprint density at radius 3 is 2.52 bits per heavy atom. The Hall–Kier alpha value is -1.72.